The largest absolute Gasteiger partial charge is 0.354 e. The summed E-state index contributed by atoms with van der Waals surface area (Å²) in [6.45, 7) is 2.58. The number of rotatable bonds is 6. The van der Waals surface area contributed by atoms with Gasteiger partial charge in [-0.3, -0.25) is 4.79 Å². The summed E-state index contributed by atoms with van der Waals surface area (Å²) in [6.07, 6.45) is 3.49. The van der Waals surface area contributed by atoms with Gasteiger partial charge in [-0.15, -0.1) is 0 Å². The van der Waals surface area contributed by atoms with Crippen LogP contribution in [0.15, 0.2) is 36.5 Å². The van der Waals surface area contributed by atoms with Gasteiger partial charge < -0.3 is 20.9 Å². The molecule has 0 aliphatic carbocycles. The topological polar surface area (TPSA) is 104 Å². The highest BCUT2D eigenvalue weighted by Gasteiger charge is 2.43. The number of halogens is 1. The molecular weight excluding hydrogens is 387 g/mol. The molecular formula is C21H25FN6O2. The zero-order chi connectivity index (χ0) is 21.1. The first-order valence-corrected chi connectivity index (χ1v) is 10.1. The van der Waals surface area contributed by atoms with Crippen molar-refractivity contribution in [1.29, 1.82) is 0 Å². The van der Waals surface area contributed by atoms with E-state index in [9.17, 15) is 14.0 Å². The number of urea groups is 1. The van der Waals surface area contributed by atoms with Gasteiger partial charge in [-0.25, -0.2) is 19.2 Å². The molecule has 8 nitrogen and oxygen atoms in total. The normalized spacial score (nSPS) is 20.3. The number of anilines is 1. The molecule has 2 aliphatic heterocycles. The summed E-state index contributed by atoms with van der Waals surface area (Å²) in [4.78, 5) is 36.5. The maximum atomic E-state index is 13.1. The standard InChI is InChI=1S/C21H25FN6O2/c22-16-3-1-14(2-4-16)11-18-24-8-5-19(26-18)27-12-15-7-10-28(17(15)13-27)20(29)6-9-25-21(23)30/h1-5,8,15,17H,6-7,9-13H2,(H3,23,25,30)/t15-,17+/m1/s1. The highest BCUT2D eigenvalue weighted by molar-refractivity contribution is 5.78. The average Bonchev–Trinajstić information content (AvgIpc) is 3.30. The van der Waals surface area contributed by atoms with Gasteiger partial charge in [0.25, 0.3) is 0 Å². The second kappa shape index (κ2) is 8.64. The van der Waals surface area contributed by atoms with E-state index in [-0.39, 0.29) is 30.7 Å². The number of primary amides is 1. The summed E-state index contributed by atoms with van der Waals surface area (Å²) >= 11 is 0. The van der Waals surface area contributed by atoms with Gasteiger partial charge in [0, 0.05) is 51.1 Å². The number of likely N-dealkylation sites (tertiary alicyclic amines) is 1. The van der Waals surface area contributed by atoms with Crippen LogP contribution in [-0.4, -0.2) is 59.0 Å². The number of nitrogens with two attached hydrogens (primary N) is 1. The molecule has 30 heavy (non-hydrogen) atoms. The predicted octanol–water partition coefficient (Wildman–Crippen LogP) is 1.30. The zero-order valence-electron chi connectivity index (χ0n) is 16.6. The van der Waals surface area contributed by atoms with Crippen molar-refractivity contribution in [3.63, 3.8) is 0 Å². The Morgan fingerprint density at radius 2 is 2.00 bits per heavy atom. The van der Waals surface area contributed by atoms with Gasteiger partial charge in [0.2, 0.25) is 5.91 Å². The Bertz CT molecular complexity index is 922. The number of nitrogens with zero attached hydrogens (tertiary/aromatic N) is 4. The fourth-order valence-corrected chi connectivity index (χ4v) is 4.33. The van der Waals surface area contributed by atoms with E-state index in [1.807, 2.05) is 11.0 Å². The van der Waals surface area contributed by atoms with Crippen LogP contribution in [0.2, 0.25) is 0 Å². The van der Waals surface area contributed by atoms with Gasteiger partial charge in [0.05, 0.1) is 6.04 Å². The molecule has 9 heteroatoms. The molecule has 0 spiro atoms. The van der Waals surface area contributed by atoms with Crippen molar-refractivity contribution in [3.05, 3.63) is 53.7 Å². The summed E-state index contributed by atoms with van der Waals surface area (Å²) in [5.41, 5.74) is 6.01. The van der Waals surface area contributed by atoms with Gasteiger partial charge >= 0.3 is 6.03 Å². The van der Waals surface area contributed by atoms with Crippen LogP contribution < -0.4 is 16.0 Å². The maximum Gasteiger partial charge on any atom is 0.312 e. The van der Waals surface area contributed by atoms with Crippen LogP contribution in [0.25, 0.3) is 0 Å². The van der Waals surface area contributed by atoms with Crippen LogP contribution in [-0.2, 0) is 11.2 Å². The summed E-state index contributed by atoms with van der Waals surface area (Å²) in [6, 6.07) is 7.77. The molecule has 0 saturated carbocycles. The number of hydrogen-bond acceptors (Lipinski definition) is 5. The number of amides is 3. The van der Waals surface area contributed by atoms with Gasteiger partial charge in [-0.1, -0.05) is 12.1 Å². The molecule has 0 unspecified atom stereocenters. The monoisotopic (exact) mass is 412 g/mol. The van der Waals surface area contributed by atoms with Crippen molar-refractivity contribution in [2.24, 2.45) is 11.7 Å². The summed E-state index contributed by atoms with van der Waals surface area (Å²) in [5, 5.41) is 2.47. The summed E-state index contributed by atoms with van der Waals surface area (Å²) in [5.74, 6) is 1.72. The number of carbonyl (C=O) groups excluding carboxylic acids is 2. The Kier molecular flexibility index (Phi) is 5.78. The van der Waals surface area contributed by atoms with E-state index in [2.05, 4.69) is 15.2 Å². The lowest BCUT2D eigenvalue weighted by atomic mass is 10.1. The van der Waals surface area contributed by atoms with Crippen LogP contribution in [0.3, 0.4) is 0 Å². The molecule has 3 amide bonds. The highest BCUT2D eigenvalue weighted by atomic mass is 19.1. The Morgan fingerprint density at radius 3 is 2.77 bits per heavy atom. The number of fused-ring (bicyclic) bond motifs is 1. The number of aromatic nitrogens is 2. The molecule has 1 aromatic heterocycles. The molecule has 158 valence electrons. The number of carbonyl (C=O) groups is 2. The lowest BCUT2D eigenvalue weighted by molar-refractivity contribution is -0.131. The van der Waals surface area contributed by atoms with Crippen LogP contribution in [0.1, 0.15) is 24.2 Å². The van der Waals surface area contributed by atoms with Gasteiger partial charge in [-0.05, 0) is 30.2 Å². The fraction of sp³-hybridized carbons (Fsp3) is 0.429. The van der Waals surface area contributed by atoms with Gasteiger partial charge in [-0.2, -0.15) is 0 Å². The van der Waals surface area contributed by atoms with E-state index in [1.54, 1.807) is 18.3 Å². The Balaban J connectivity index is 1.39. The molecule has 4 rings (SSSR count). The van der Waals surface area contributed by atoms with Crippen LogP contribution in [0.4, 0.5) is 15.0 Å². The molecule has 3 heterocycles. The maximum absolute atomic E-state index is 13.1. The quantitative estimate of drug-likeness (QED) is 0.744. The molecule has 1 aromatic carbocycles. The summed E-state index contributed by atoms with van der Waals surface area (Å²) in [7, 11) is 0. The van der Waals surface area contributed by atoms with Crippen LogP contribution >= 0.6 is 0 Å². The molecule has 2 atom stereocenters. The Hall–Kier alpha value is -3.23. The molecule has 0 radical (unpaired) electrons. The predicted molar refractivity (Wildman–Crippen MR) is 109 cm³/mol. The second-order valence-corrected chi connectivity index (χ2v) is 7.78. The van der Waals surface area contributed by atoms with E-state index in [0.717, 1.165) is 37.4 Å². The van der Waals surface area contributed by atoms with Crippen LogP contribution in [0, 0.1) is 11.7 Å². The fourth-order valence-electron chi connectivity index (χ4n) is 4.33. The third-order valence-electron chi connectivity index (χ3n) is 5.80. The van der Waals surface area contributed by atoms with E-state index in [1.165, 1.54) is 12.1 Å². The van der Waals surface area contributed by atoms with E-state index in [4.69, 9.17) is 10.7 Å². The van der Waals surface area contributed by atoms with Crippen molar-refractivity contribution in [3.8, 4) is 0 Å². The molecule has 2 fully saturated rings. The lowest BCUT2D eigenvalue weighted by Crippen LogP contribution is -2.41. The van der Waals surface area contributed by atoms with Crippen molar-refractivity contribution < 1.29 is 14.0 Å². The Labute approximate surface area is 174 Å². The summed E-state index contributed by atoms with van der Waals surface area (Å²) < 4.78 is 13.1. The van der Waals surface area contributed by atoms with Crippen molar-refractivity contribution in [2.75, 3.05) is 31.1 Å². The number of nitrogens with one attached hydrogen (secondary N) is 1. The zero-order valence-corrected chi connectivity index (χ0v) is 16.6. The minimum absolute atomic E-state index is 0.0396. The van der Waals surface area contributed by atoms with E-state index in [0.29, 0.717) is 18.2 Å². The molecule has 3 N–H and O–H groups in total. The minimum Gasteiger partial charge on any atom is -0.354 e. The van der Waals surface area contributed by atoms with Crippen LogP contribution in [0.5, 0.6) is 0 Å². The SMILES string of the molecule is NC(=O)NCCC(=O)N1CC[C@@H]2CN(c3ccnc(Cc4ccc(F)cc4)n3)C[C@@H]21. The minimum atomic E-state index is -0.616. The first-order valence-electron chi connectivity index (χ1n) is 10.1. The van der Waals surface area contributed by atoms with Gasteiger partial charge in [0.15, 0.2) is 0 Å². The molecule has 2 saturated heterocycles. The van der Waals surface area contributed by atoms with Crippen molar-refractivity contribution >= 4 is 17.8 Å². The Morgan fingerprint density at radius 1 is 1.20 bits per heavy atom. The molecule has 2 aliphatic rings. The van der Waals surface area contributed by atoms with E-state index < -0.39 is 6.03 Å². The number of hydrogen-bond donors (Lipinski definition) is 2. The highest BCUT2D eigenvalue weighted by Crippen LogP contribution is 2.33. The number of benzene rings is 1. The van der Waals surface area contributed by atoms with Gasteiger partial charge in [0.1, 0.15) is 17.5 Å². The first-order chi connectivity index (χ1) is 14.5. The lowest BCUT2D eigenvalue weighted by Gasteiger charge is -2.25. The van der Waals surface area contributed by atoms with E-state index >= 15 is 0 Å². The smallest absolute Gasteiger partial charge is 0.312 e. The second-order valence-electron chi connectivity index (χ2n) is 7.78. The molecule has 2 aromatic rings. The average molecular weight is 412 g/mol. The van der Waals surface area contributed by atoms with Crippen molar-refractivity contribution in [2.45, 2.75) is 25.3 Å². The first kappa shape index (κ1) is 20.1. The molecule has 0 bridgehead atoms. The van der Waals surface area contributed by atoms with Crippen molar-refractivity contribution in [1.82, 2.24) is 20.2 Å². The third kappa shape index (κ3) is 4.50. The third-order valence-corrected chi connectivity index (χ3v) is 5.80.